The highest BCUT2D eigenvalue weighted by molar-refractivity contribution is 5.65. The number of aryl methyl sites for hydroxylation is 2. The SMILES string of the molecule is Cc1c(-c2cccc(Oc3cccc(-c4nnn(C)c4C)c3)c2)nnn1C. The first-order valence-corrected chi connectivity index (χ1v) is 8.64. The van der Waals surface area contributed by atoms with Crippen molar-refractivity contribution in [3.63, 3.8) is 0 Å². The molecular weight excluding hydrogens is 340 g/mol. The molecule has 27 heavy (non-hydrogen) atoms. The summed E-state index contributed by atoms with van der Waals surface area (Å²) in [5, 5.41) is 16.6. The lowest BCUT2D eigenvalue weighted by Crippen LogP contribution is -1.93. The molecule has 0 saturated heterocycles. The van der Waals surface area contributed by atoms with E-state index in [-0.39, 0.29) is 0 Å². The van der Waals surface area contributed by atoms with Crippen LogP contribution in [0.5, 0.6) is 11.5 Å². The second-order valence-electron chi connectivity index (χ2n) is 6.45. The number of rotatable bonds is 4. The summed E-state index contributed by atoms with van der Waals surface area (Å²) >= 11 is 0. The first-order valence-electron chi connectivity index (χ1n) is 8.64. The lowest BCUT2D eigenvalue weighted by atomic mass is 10.1. The number of benzene rings is 2. The summed E-state index contributed by atoms with van der Waals surface area (Å²) in [6.07, 6.45) is 0. The molecule has 0 atom stereocenters. The minimum absolute atomic E-state index is 0.741. The van der Waals surface area contributed by atoms with E-state index in [9.17, 15) is 0 Å². The van der Waals surface area contributed by atoms with Gasteiger partial charge in [-0.1, -0.05) is 34.7 Å². The van der Waals surface area contributed by atoms with Gasteiger partial charge in [0.1, 0.15) is 22.9 Å². The molecule has 7 nitrogen and oxygen atoms in total. The Labute approximate surface area is 157 Å². The summed E-state index contributed by atoms with van der Waals surface area (Å²) in [5.74, 6) is 1.48. The molecule has 4 aromatic rings. The average Bonchev–Trinajstić information content (AvgIpc) is 3.18. The van der Waals surface area contributed by atoms with E-state index in [1.165, 1.54) is 0 Å². The second-order valence-corrected chi connectivity index (χ2v) is 6.45. The summed E-state index contributed by atoms with van der Waals surface area (Å²) in [6.45, 7) is 3.99. The molecule has 0 aliphatic heterocycles. The van der Waals surface area contributed by atoms with Crippen LogP contribution < -0.4 is 4.74 Å². The molecule has 0 fully saturated rings. The molecule has 0 unspecified atom stereocenters. The Balaban J connectivity index is 1.63. The topological polar surface area (TPSA) is 70.7 Å². The third kappa shape index (κ3) is 3.19. The predicted octanol–water partition coefficient (Wildman–Crippen LogP) is 3.69. The van der Waals surface area contributed by atoms with E-state index in [1.807, 2.05) is 76.5 Å². The maximum Gasteiger partial charge on any atom is 0.128 e. The number of aromatic nitrogens is 6. The Morgan fingerprint density at radius 2 is 1.15 bits per heavy atom. The van der Waals surface area contributed by atoms with E-state index in [2.05, 4.69) is 20.6 Å². The van der Waals surface area contributed by atoms with E-state index in [1.54, 1.807) is 9.36 Å². The molecule has 2 heterocycles. The van der Waals surface area contributed by atoms with Gasteiger partial charge in [-0.2, -0.15) is 0 Å². The van der Waals surface area contributed by atoms with Crippen molar-refractivity contribution < 1.29 is 4.74 Å². The van der Waals surface area contributed by atoms with Gasteiger partial charge in [-0.15, -0.1) is 10.2 Å². The molecule has 136 valence electrons. The van der Waals surface area contributed by atoms with Crippen LogP contribution in [0.4, 0.5) is 0 Å². The van der Waals surface area contributed by atoms with Gasteiger partial charge in [0.15, 0.2) is 0 Å². The summed E-state index contributed by atoms with van der Waals surface area (Å²) in [4.78, 5) is 0. The van der Waals surface area contributed by atoms with Crippen molar-refractivity contribution in [1.82, 2.24) is 30.0 Å². The van der Waals surface area contributed by atoms with Crippen LogP contribution >= 0.6 is 0 Å². The zero-order valence-corrected chi connectivity index (χ0v) is 15.7. The monoisotopic (exact) mass is 360 g/mol. The van der Waals surface area contributed by atoms with E-state index in [0.717, 1.165) is 45.4 Å². The standard InChI is InChI=1S/C20H20N6O/c1-13-19(21-23-25(13)3)15-7-5-9-17(11-15)27-18-10-6-8-16(12-18)20-14(2)26(4)24-22-20/h5-12H,1-4H3. The Bertz CT molecular complexity index is 1020. The molecule has 0 radical (unpaired) electrons. The largest absolute Gasteiger partial charge is 0.457 e. The molecule has 0 amide bonds. The minimum atomic E-state index is 0.741. The van der Waals surface area contributed by atoms with Crippen LogP contribution in [-0.4, -0.2) is 30.0 Å². The Morgan fingerprint density at radius 3 is 1.52 bits per heavy atom. The van der Waals surface area contributed by atoms with Gasteiger partial charge in [-0.3, -0.25) is 9.36 Å². The highest BCUT2D eigenvalue weighted by Gasteiger charge is 2.11. The van der Waals surface area contributed by atoms with Crippen molar-refractivity contribution in [2.45, 2.75) is 13.8 Å². The first kappa shape index (κ1) is 17.0. The van der Waals surface area contributed by atoms with Crippen molar-refractivity contribution >= 4 is 0 Å². The lowest BCUT2D eigenvalue weighted by molar-refractivity contribution is 0.483. The normalized spacial score (nSPS) is 11.0. The molecule has 7 heteroatoms. The molecule has 2 aromatic heterocycles. The summed E-state index contributed by atoms with van der Waals surface area (Å²) in [5.41, 5.74) is 5.66. The van der Waals surface area contributed by atoms with E-state index < -0.39 is 0 Å². The van der Waals surface area contributed by atoms with Crippen molar-refractivity contribution in [2.24, 2.45) is 14.1 Å². The highest BCUT2D eigenvalue weighted by Crippen LogP contribution is 2.30. The highest BCUT2D eigenvalue weighted by atomic mass is 16.5. The third-order valence-corrected chi connectivity index (χ3v) is 4.66. The lowest BCUT2D eigenvalue weighted by Gasteiger charge is -2.08. The zero-order valence-electron chi connectivity index (χ0n) is 15.7. The van der Waals surface area contributed by atoms with Crippen molar-refractivity contribution in [3.8, 4) is 34.0 Å². The fourth-order valence-electron chi connectivity index (χ4n) is 2.89. The van der Waals surface area contributed by atoms with Crippen LogP contribution in [-0.2, 0) is 14.1 Å². The van der Waals surface area contributed by atoms with Gasteiger partial charge >= 0.3 is 0 Å². The van der Waals surface area contributed by atoms with E-state index in [0.29, 0.717) is 0 Å². The summed E-state index contributed by atoms with van der Waals surface area (Å²) in [7, 11) is 3.76. The van der Waals surface area contributed by atoms with Gasteiger partial charge in [0, 0.05) is 25.2 Å². The van der Waals surface area contributed by atoms with Crippen molar-refractivity contribution in [2.75, 3.05) is 0 Å². The van der Waals surface area contributed by atoms with Gasteiger partial charge < -0.3 is 4.74 Å². The number of hydrogen-bond donors (Lipinski definition) is 0. The average molecular weight is 360 g/mol. The summed E-state index contributed by atoms with van der Waals surface area (Å²) in [6, 6.07) is 15.7. The van der Waals surface area contributed by atoms with Gasteiger partial charge in [0.25, 0.3) is 0 Å². The van der Waals surface area contributed by atoms with Crippen LogP contribution in [0.15, 0.2) is 48.5 Å². The molecule has 4 rings (SSSR count). The third-order valence-electron chi connectivity index (χ3n) is 4.66. The number of hydrogen-bond acceptors (Lipinski definition) is 5. The van der Waals surface area contributed by atoms with E-state index in [4.69, 9.17) is 4.74 Å². The molecule has 0 saturated carbocycles. The predicted molar refractivity (Wildman–Crippen MR) is 102 cm³/mol. The van der Waals surface area contributed by atoms with Gasteiger partial charge in [0.2, 0.25) is 0 Å². The number of ether oxygens (including phenoxy) is 1. The van der Waals surface area contributed by atoms with Crippen LogP contribution in [0.2, 0.25) is 0 Å². The molecule has 0 aliphatic rings. The maximum absolute atomic E-state index is 6.09. The molecule has 0 spiro atoms. The Kier molecular flexibility index (Phi) is 4.19. The molecule has 0 aliphatic carbocycles. The summed E-state index contributed by atoms with van der Waals surface area (Å²) < 4.78 is 9.61. The van der Waals surface area contributed by atoms with Gasteiger partial charge in [0.05, 0.1) is 11.4 Å². The molecule has 0 bridgehead atoms. The van der Waals surface area contributed by atoms with Crippen molar-refractivity contribution in [3.05, 3.63) is 59.9 Å². The Morgan fingerprint density at radius 1 is 0.704 bits per heavy atom. The second kappa shape index (κ2) is 6.68. The quantitative estimate of drug-likeness (QED) is 0.555. The fraction of sp³-hybridized carbons (Fsp3) is 0.200. The molecule has 0 N–H and O–H groups in total. The van der Waals surface area contributed by atoms with Crippen LogP contribution in [0, 0.1) is 13.8 Å². The van der Waals surface area contributed by atoms with E-state index >= 15 is 0 Å². The molecular formula is C20H20N6O. The Hall–Kier alpha value is -3.48. The van der Waals surface area contributed by atoms with Gasteiger partial charge in [-0.05, 0) is 38.1 Å². The van der Waals surface area contributed by atoms with Gasteiger partial charge in [-0.25, -0.2) is 0 Å². The first-order chi connectivity index (χ1) is 13.0. The van der Waals surface area contributed by atoms with Crippen molar-refractivity contribution in [1.29, 1.82) is 0 Å². The maximum atomic E-state index is 6.09. The number of nitrogens with zero attached hydrogens (tertiary/aromatic N) is 6. The van der Waals surface area contributed by atoms with Crippen LogP contribution in [0.25, 0.3) is 22.5 Å². The fourth-order valence-corrected chi connectivity index (χ4v) is 2.89. The zero-order chi connectivity index (χ0) is 19.0. The van der Waals surface area contributed by atoms with Crippen LogP contribution in [0.3, 0.4) is 0 Å². The minimum Gasteiger partial charge on any atom is -0.457 e. The smallest absolute Gasteiger partial charge is 0.128 e. The molecule has 2 aromatic carbocycles. The van der Waals surface area contributed by atoms with Crippen LogP contribution in [0.1, 0.15) is 11.4 Å².